The van der Waals surface area contributed by atoms with Crippen molar-refractivity contribution in [1.29, 1.82) is 0 Å². The number of hydrogen-bond acceptors (Lipinski definition) is 5. The average Bonchev–Trinajstić information content (AvgIpc) is 3.37. The number of hydrogen-bond donors (Lipinski definition) is 1. The van der Waals surface area contributed by atoms with Crippen LogP contribution in [0.25, 0.3) is 0 Å². The molecule has 1 aliphatic rings. The summed E-state index contributed by atoms with van der Waals surface area (Å²) < 4.78 is 33.6. The number of carbonyl (C=O) groups is 1. The molecule has 1 amide bonds. The highest BCUT2D eigenvalue weighted by atomic mass is 32.2. The Hall–Kier alpha value is -2.42. The first-order valence-corrected chi connectivity index (χ1v) is 11.7. The maximum atomic E-state index is 13.3. The van der Waals surface area contributed by atoms with Gasteiger partial charge < -0.3 is 9.73 Å². The van der Waals surface area contributed by atoms with Crippen LogP contribution < -0.4 is 5.32 Å². The molecule has 0 fully saturated rings. The molecule has 1 aliphatic heterocycles. The first kappa shape index (κ1) is 19.9. The zero-order valence-electron chi connectivity index (χ0n) is 16.2. The van der Waals surface area contributed by atoms with Crippen LogP contribution in [0.4, 0.5) is 0 Å². The lowest BCUT2D eigenvalue weighted by molar-refractivity contribution is 0.0936. The summed E-state index contributed by atoms with van der Waals surface area (Å²) in [6.45, 7) is 4.36. The van der Waals surface area contributed by atoms with Crippen molar-refractivity contribution in [2.45, 2.75) is 37.8 Å². The van der Waals surface area contributed by atoms with Gasteiger partial charge in [0, 0.05) is 13.1 Å². The van der Waals surface area contributed by atoms with Gasteiger partial charge in [0.25, 0.3) is 5.91 Å². The van der Waals surface area contributed by atoms with Gasteiger partial charge >= 0.3 is 0 Å². The minimum absolute atomic E-state index is 0.0576. The molecule has 0 spiro atoms. The van der Waals surface area contributed by atoms with Crippen LogP contribution in [0.2, 0.25) is 0 Å². The van der Waals surface area contributed by atoms with Gasteiger partial charge in [0.05, 0.1) is 6.04 Å². The number of carbonyl (C=O) groups excluding carboxylic acids is 1. The Bertz CT molecular complexity index is 1150. The van der Waals surface area contributed by atoms with Crippen molar-refractivity contribution in [3.63, 3.8) is 0 Å². The fraction of sp³-hybridized carbons (Fsp3) is 0.286. The number of rotatable bonds is 5. The minimum Gasteiger partial charge on any atom is -0.464 e. The number of aryl methyl sites for hydroxylation is 1. The molecule has 0 saturated heterocycles. The third kappa shape index (κ3) is 3.88. The first-order chi connectivity index (χ1) is 13.9. The highest BCUT2D eigenvalue weighted by Gasteiger charge is 2.32. The Morgan fingerprint density at radius 2 is 1.93 bits per heavy atom. The second-order valence-electron chi connectivity index (χ2n) is 7.11. The highest BCUT2D eigenvalue weighted by Crippen LogP contribution is 2.30. The molecule has 8 heteroatoms. The number of sulfonamides is 1. The van der Waals surface area contributed by atoms with Gasteiger partial charge in [0.2, 0.25) is 10.0 Å². The van der Waals surface area contributed by atoms with Crippen LogP contribution in [-0.2, 0) is 23.0 Å². The van der Waals surface area contributed by atoms with E-state index in [0.717, 1.165) is 22.7 Å². The average molecular weight is 431 g/mol. The Kier molecular flexibility index (Phi) is 5.33. The van der Waals surface area contributed by atoms with Crippen LogP contribution in [0.3, 0.4) is 0 Å². The number of fused-ring (bicyclic) bond motifs is 1. The molecular weight excluding hydrogens is 408 g/mol. The molecule has 2 aromatic heterocycles. The molecule has 1 N–H and O–H groups in total. The molecule has 6 nitrogen and oxygen atoms in total. The molecule has 0 radical (unpaired) electrons. The van der Waals surface area contributed by atoms with Gasteiger partial charge in [0.15, 0.2) is 0 Å². The van der Waals surface area contributed by atoms with Crippen LogP contribution in [0.5, 0.6) is 0 Å². The Morgan fingerprint density at radius 3 is 2.66 bits per heavy atom. The molecule has 3 aromatic rings. The van der Waals surface area contributed by atoms with E-state index in [-0.39, 0.29) is 15.8 Å². The highest BCUT2D eigenvalue weighted by molar-refractivity contribution is 7.89. The van der Waals surface area contributed by atoms with Gasteiger partial charge in [-0.3, -0.25) is 4.79 Å². The van der Waals surface area contributed by atoms with Gasteiger partial charge in [-0.2, -0.15) is 4.31 Å². The third-order valence-corrected chi connectivity index (χ3v) is 8.01. The van der Waals surface area contributed by atoms with E-state index >= 15 is 0 Å². The molecule has 3 heterocycles. The number of nitrogens with zero attached hydrogens (tertiary/aromatic N) is 1. The summed E-state index contributed by atoms with van der Waals surface area (Å²) in [5, 5.41) is 4.48. The molecule has 1 unspecified atom stereocenters. The molecule has 1 aromatic carbocycles. The SMILES string of the molecule is Cc1ccc(C(C)NC(=O)c2sccc2S(=O)(=O)N2CCc3ccccc3C2)o1. The summed E-state index contributed by atoms with van der Waals surface area (Å²) in [5.74, 6) is 0.966. The topological polar surface area (TPSA) is 79.6 Å². The van der Waals surface area contributed by atoms with E-state index in [4.69, 9.17) is 4.42 Å². The van der Waals surface area contributed by atoms with Gasteiger partial charge in [0.1, 0.15) is 21.3 Å². The number of furan rings is 1. The first-order valence-electron chi connectivity index (χ1n) is 9.38. The monoisotopic (exact) mass is 430 g/mol. The number of benzene rings is 1. The van der Waals surface area contributed by atoms with Crippen molar-refractivity contribution >= 4 is 27.3 Å². The van der Waals surface area contributed by atoms with E-state index in [0.29, 0.717) is 25.3 Å². The Morgan fingerprint density at radius 1 is 1.17 bits per heavy atom. The van der Waals surface area contributed by atoms with Gasteiger partial charge in [-0.1, -0.05) is 24.3 Å². The maximum absolute atomic E-state index is 13.3. The lowest BCUT2D eigenvalue weighted by Gasteiger charge is -2.28. The largest absolute Gasteiger partial charge is 0.464 e. The van der Waals surface area contributed by atoms with Gasteiger partial charge in [-0.05, 0) is 55.0 Å². The molecule has 29 heavy (non-hydrogen) atoms. The van der Waals surface area contributed by atoms with E-state index in [9.17, 15) is 13.2 Å². The van der Waals surface area contributed by atoms with E-state index < -0.39 is 15.9 Å². The third-order valence-electron chi connectivity index (χ3n) is 5.08. The molecule has 152 valence electrons. The lowest BCUT2D eigenvalue weighted by atomic mass is 10.0. The standard InChI is InChI=1S/C21H22N2O4S2/c1-14-7-8-18(27-14)15(2)22-21(24)20-19(10-12-28-20)29(25,26)23-11-9-16-5-3-4-6-17(16)13-23/h3-8,10,12,15H,9,11,13H2,1-2H3,(H,22,24). The Balaban J connectivity index is 1.56. The molecule has 4 rings (SSSR count). The predicted molar refractivity (Wildman–Crippen MR) is 111 cm³/mol. The fourth-order valence-corrected chi connectivity index (χ4v) is 6.22. The summed E-state index contributed by atoms with van der Waals surface area (Å²) in [4.78, 5) is 13.1. The number of thiophene rings is 1. The van der Waals surface area contributed by atoms with Crippen molar-refractivity contribution in [3.05, 3.63) is 75.4 Å². The van der Waals surface area contributed by atoms with E-state index in [2.05, 4.69) is 5.32 Å². The molecule has 0 aliphatic carbocycles. The Labute approximate surface area is 174 Å². The smallest absolute Gasteiger partial charge is 0.263 e. The van der Waals surface area contributed by atoms with Crippen molar-refractivity contribution in [2.75, 3.05) is 6.54 Å². The summed E-state index contributed by atoms with van der Waals surface area (Å²) in [5.41, 5.74) is 2.18. The molecule has 0 bridgehead atoms. The fourth-order valence-electron chi connectivity index (χ4n) is 3.50. The second-order valence-corrected chi connectivity index (χ2v) is 9.94. The molecule has 1 atom stereocenters. The summed E-state index contributed by atoms with van der Waals surface area (Å²) in [6.07, 6.45) is 0.663. The zero-order valence-corrected chi connectivity index (χ0v) is 17.8. The van der Waals surface area contributed by atoms with Crippen LogP contribution in [-0.4, -0.2) is 25.2 Å². The van der Waals surface area contributed by atoms with Crippen molar-refractivity contribution < 1.29 is 17.6 Å². The normalized spacial score (nSPS) is 15.7. The zero-order chi connectivity index (χ0) is 20.6. The lowest BCUT2D eigenvalue weighted by Crippen LogP contribution is -2.37. The van der Waals surface area contributed by atoms with E-state index in [1.165, 1.54) is 15.9 Å². The predicted octanol–water partition coefficient (Wildman–Crippen LogP) is 3.89. The van der Waals surface area contributed by atoms with Crippen LogP contribution in [0, 0.1) is 6.92 Å². The molecule has 0 saturated carbocycles. The van der Waals surface area contributed by atoms with Crippen LogP contribution in [0.15, 0.2) is 57.2 Å². The van der Waals surface area contributed by atoms with Crippen molar-refractivity contribution in [1.82, 2.24) is 9.62 Å². The maximum Gasteiger partial charge on any atom is 0.263 e. The second kappa shape index (κ2) is 7.78. The summed E-state index contributed by atoms with van der Waals surface area (Å²) in [6, 6.07) is 12.6. The molecular formula is C21H22N2O4S2. The summed E-state index contributed by atoms with van der Waals surface area (Å²) >= 11 is 1.13. The number of amides is 1. The number of nitrogens with one attached hydrogen (secondary N) is 1. The van der Waals surface area contributed by atoms with Crippen LogP contribution >= 0.6 is 11.3 Å². The summed E-state index contributed by atoms with van der Waals surface area (Å²) in [7, 11) is -3.77. The van der Waals surface area contributed by atoms with Gasteiger partial charge in [-0.25, -0.2) is 8.42 Å². The van der Waals surface area contributed by atoms with E-state index in [1.54, 1.807) is 18.4 Å². The minimum atomic E-state index is -3.77. The quantitative estimate of drug-likeness (QED) is 0.666. The van der Waals surface area contributed by atoms with Crippen molar-refractivity contribution in [2.24, 2.45) is 0 Å². The van der Waals surface area contributed by atoms with Gasteiger partial charge in [-0.15, -0.1) is 11.3 Å². The van der Waals surface area contributed by atoms with Crippen molar-refractivity contribution in [3.8, 4) is 0 Å². The van der Waals surface area contributed by atoms with Crippen LogP contribution in [0.1, 0.15) is 45.3 Å². The van der Waals surface area contributed by atoms with E-state index in [1.807, 2.05) is 37.3 Å².